The summed E-state index contributed by atoms with van der Waals surface area (Å²) in [4.78, 5) is 20.6. The number of hydrogen-bond donors (Lipinski definition) is 2. The molecule has 0 unspecified atom stereocenters. The van der Waals surface area contributed by atoms with Crippen LogP contribution < -0.4 is 10.6 Å². The number of amides is 2. The zero-order valence-corrected chi connectivity index (χ0v) is 14.1. The number of thiazole rings is 1. The molecule has 2 N–H and O–H groups in total. The number of carbonyl (C=O) groups is 1. The molecule has 124 valence electrons. The first-order valence-electron chi connectivity index (χ1n) is 7.64. The fourth-order valence-corrected chi connectivity index (χ4v) is 2.81. The number of nitrogens with one attached hydrogen (secondary N) is 2. The van der Waals surface area contributed by atoms with Gasteiger partial charge >= 0.3 is 6.03 Å². The van der Waals surface area contributed by atoms with E-state index in [1.54, 1.807) is 28.4 Å². The Labute approximate surface area is 143 Å². The zero-order chi connectivity index (χ0) is 16.8. The van der Waals surface area contributed by atoms with Gasteiger partial charge in [-0.3, -0.25) is 0 Å². The molecule has 0 aromatic carbocycles. The SMILES string of the molecule is CCc1nc(CNC(=O)NCc2ccc(-n3cccn3)nc2)cs1. The first kappa shape index (κ1) is 16.1. The fourth-order valence-electron chi connectivity index (χ4n) is 2.07. The topological polar surface area (TPSA) is 84.7 Å². The van der Waals surface area contributed by atoms with Crippen molar-refractivity contribution in [3.8, 4) is 5.82 Å². The molecule has 3 heterocycles. The molecule has 0 saturated heterocycles. The van der Waals surface area contributed by atoms with E-state index in [0.717, 1.165) is 28.5 Å². The number of aromatic nitrogens is 4. The first-order valence-corrected chi connectivity index (χ1v) is 8.52. The van der Waals surface area contributed by atoms with E-state index < -0.39 is 0 Å². The lowest BCUT2D eigenvalue weighted by Gasteiger charge is -2.07. The summed E-state index contributed by atoms with van der Waals surface area (Å²) in [5.74, 6) is 0.739. The van der Waals surface area contributed by atoms with Gasteiger partial charge < -0.3 is 10.6 Å². The van der Waals surface area contributed by atoms with Crippen LogP contribution in [0.4, 0.5) is 4.79 Å². The highest BCUT2D eigenvalue weighted by Gasteiger charge is 2.04. The van der Waals surface area contributed by atoms with Gasteiger partial charge in [0.05, 0.1) is 17.2 Å². The summed E-state index contributed by atoms with van der Waals surface area (Å²) in [5.41, 5.74) is 1.81. The number of aryl methyl sites for hydroxylation is 1. The van der Waals surface area contributed by atoms with Crippen LogP contribution in [0, 0.1) is 0 Å². The van der Waals surface area contributed by atoms with E-state index in [2.05, 4.69) is 32.6 Å². The van der Waals surface area contributed by atoms with Crippen molar-refractivity contribution in [3.05, 3.63) is 58.4 Å². The van der Waals surface area contributed by atoms with Crippen molar-refractivity contribution in [3.63, 3.8) is 0 Å². The summed E-state index contributed by atoms with van der Waals surface area (Å²) in [6.07, 6.45) is 6.17. The van der Waals surface area contributed by atoms with Crippen LogP contribution in [0.5, 0.6) is 0 Å². The summed E-state index contributed by atoms with van der Waals surface area (Å²) in [6.45, 7) is 2.91. The van der Waals surface area contributed by atoms with Crippen LogP contribution in [0.3, 0.4) is 0 Å². The predicted octanol–water partition coefficient (Wildman–Crippen LogP) is 2.29. The Bertz CT molecular complexity index is 781. The van der Waals surface area contributed by atoms with Crippen molar-refractivity contribution in [1.29, 1.82) is 0 Å². The highest BCUT2D eigenvalue weighted by Crippen LogP contribution is 2.09. The Balaban J connectivity index is 1.45. The maximum Gasteiger partial charge on any atom is 0.315 e. The molecule has 7 nitrogen and oxygen atoms in total. The lowest BCUT2D eigenvalue weighted by molar-refractivity contribution is 0.240. The predicted molar refractivity (Wildman–Crippen MR) is 91.9 cm³/mol. The number of urea groups is 1. The van der Waals surface area contributed by atoms with E-state index in [9.17, 15) is 4.79 Å². The molecule has 8 heteroatoms. The molecule has 3 aromatic heterocycles. The Hall–Kier alpha value is -2.74. The Morgan fingerprint density at radius 3 is 2.83 bits per heavy atom. The molecule has 24 heavy (non-hydrogen) atoms. The molecule has 0 aliphatic carbocycles. The van der Waals surface area contributed by atoms with Gasteiger partial charge in [0.25, 0.3) is 0 Å². The van der Waals surface area contributed by atoms with Gasteiger partial charge in [-0.25, -0.2) is 19.4 Å². The van der Waals surface area contributed by atoms with Gasteiger partial charge in [-0.1, -0.05) is 13.0 Å². The normalized spacial score (nSPS) is 10.5. The van der Waals surface area contributed by atoms with E-state index in [1.807, 2.05) is 29.8 Å². The largest absolute Gasteiger partial charge is 0.334 e. The van der Waals surface area contributed by atoms with Crippen LogP contribution in [0.1, 0.15) is 23.2 Å². The summed E-state index contributed by atoms with van der Waals surface area (Å²) in [7, 11) is 0. The molecule has 0 atom stereocenters. The van der Waals surface area contributed by atoms with E-state index in [1.165, 1.54) is 0 Å². The molecule has 0 bridgehead atoms. The number of pyridine rings is 1. The maximum absolute atomic E-state index is 11.8. The Morgan fingerprint density at radius 1 is 1.29 bits per heavy atom. The van der Waals surface area contributed by atoms with Crippen LogP contribution >= 0.6 is 11.3 Å². The molecule has 0 aliphatic heterocycles. The van der Waals surface area contributed by atoms with Gasteiger partial charge in [0.1, 0.15) is 0 Å². The van der Waals surface area contributed by atoms with Gasteiger partial charge in [0, 0.05) is 30.5 Å². The average Bonchev–Trinajstić information content (AvgIpc) is 3.30. The Kier molecular flexibility index (Phi) is 5.17. The third-order valence-electron chi connectivity index (χ3n) is 3.33. The van der Waals surface area contributed by atoms with Crippen molar-refractivity contribution in [1.82, 2.24) is 30.4 Å². The van der Waals surface area contributed by atoms with Gasteiger partial charge in [0.15, 0.2) is 5.82 Å². The van der Waals surface area contributed by atoms with E-state index in [-0.39, 0.29) is 6.03 Å². The average molecular weight is 342 g/mol. The van der Waals surface area contributed by atoms with Gasteiger partial charge in [-0.05, 0) is 24.1 Å². The zero-order valence-electron chi connectivity index (χ0n) is 13.3. The summed E-state index contributed by atoms with van der Waals surface area (Å²) in [5, 5.41) is 12.8. The minimum Gasteiger partial charge on any atom is -0.334 e. The van der Waals surface area contributed by atoms with Crippen LogP contribution in [0.2, 0.25) is 0 Å². The molecule has 0 saturated carbocycles. The minimum absolute atomic E-state index is 0.225. The van der Waals surface area contributed by atoms with Gasteiger partial charge in [-0.15, -0.1) is 11.3 Å². The van der Waals surface area contributed by atoms with Crippen molar-refractivity contribution in [2.75, 3.05) is 0 Å². The summed E-state index contributed by atoms with van der Waals surface area (Å²) < 4.78 is 1.68. The number of nitrogens with zero attached hydrogens (tertiary/aromatic N) is 4. The van der Waals surface area contributed by atoms with Crippen molar-refractivity contribution < 1.29 is 4.79 Å². The maximum atomic E-state index is 11.8. The standard InChI is InChI=1S/C16H18N6OS/c1-2-15-21-13(11-24-15)10-19-16(23)18-9-12-4-5-14(17-8-12)22-7-3-6-20-22/h3-8,11H,2,9-10H2,1H3,(H2,18,19,23). The summed E-state index contributed by atoms with van der Waals surface area (Å²) >= 11 is 1.61. The van der Waals surface area contributed by atoms with Crippen LogP contribution in [-0.2, 0) is 19.5 Å². The summed E-state index contributed by atoms with van der Waals surface area (Å²) in [6, 6.07) is 5.40. The van der Waals surface area contributed by atoms with Crippen molar-refractivity contribution >= 4 is 17.4 Å². The molecular formula is C16H18N6OS. The molecular weight excluding hydrogens is 324 g/mol. The van der Waals surface area contributed by atoms with Crippen LogP contribution in [0.25, 0.3) is 5.82 Å². The molecule has 0 radical (unpaired) electrons. The van der Waals surface area contributed by atoms with E-state index >= 15 is 0 Å². The molecule has 3 aromatic rings. The highest BCUT2D eigenvalue weighted by molar-refractivity contribution is 7.09. The number of hydrogen-bond acceptors (Lipinski definition) is 5. The van der Waals surface area contributed by atoms with E-state index in [4.69, 9.17) is 0 Å². The molecule has 2 amide bonds. The molecule has 0 spiro atoms. The fraction of sp³-hybridized carbons (Fsp3) is 0.250. The van der Waals surface area contributed by atoms with E-state index in [0.29, 0.717) is 13.1 Å². The number of carbonyl (C=O) groups excluding carboxylic acids is 1. The van der Waals surface area contributed by atoms with Crippen molar-refractivity contribution in [2.24, 2.45) is 0 Å². The molecule has 0 fully saturated rings. The lowest BCUT2D eigenvalue weighted by Crippen LogP contribution is -2.34. The lowest BCUT2D eigenvalue weighted by atomic mass is 10.3. The Morgan fingerprint density at radius 2 is 2.17 bits per heavy atom. The van der Waals surface area contributed by atoms with Gasteiger partial charge in [-0.2, -0.15) is 5.10 Å². The van der Waals surface area contributed by atoms with Gasteiger partial charge in [0.2, 0.25) is 0 Å². The highest BCUT2D eigenvalue weighted by atomic mass is 32.1. The smallest absolute Gasteiger partial charge is 0.315 e. The first-order chi connectivity index (χ1) is 11.7. The minimum atomic E-state index is -0.225. The van der Waals surface area contributed by atoms with Crippen LogP contribution in [0.15, 0.2) is 42.2 Å². The molecule has 0 aliphatic rings. The molecule has 3 rings (SSSR count). The monoisotopic (exact) mass is 342 g/mol. The second kappa shape index (κ2) is 7.69. The third kappa shape index (κ3) is 4.17. The second-order valence-corrected chi connectivity index (χ2v) is 6.04. The quantitative estimate of drug-likeness (QED) is 0.720. The third-order valence-corrected chi connectivity index (χ3v) is 4.38. The van der Waals surface area contributed by atoms with Crippen LogP contribution in [-0.4, -0.2) is 25.8 Å². The van der Waals surface area contributed by atoms with Crippen molar-refractivity contribution in [2.45, 2.75) is 26.4 Å². The number of rotatable bonds is 6. The second-order valence-electron chi connectivity index (χ2n) is 5.10.